The lowest BCUT2D eigenvalue weighted by atomic mass is 10.2. The number of aromatic hydroxyl groups is 1. The molecule has 0 saturated carbocycles. The van der Waals surface area contributed by atoms with E-state index < -0.39 is 0 Å². The molecule has 0 spiro atoms. The first-order valence-corrected chi connectivity index (χ1v) is 8.71. The van der Waals surface area contributed by atoms with Crippen molar-refractivity contribution in [3.63, 3.8) is 0 Å². The summed E-state index contributed by atoms with van der Waals surface area (Å²) in [5.41, 5.74) is 2.32. The third kappa shape index (κ3) is 4.41. The SMILES string of the molecule is Cc1cc(O)cc(=O)n1-c1ccc(NCCN2CCN(C)CC2)cc1. The van der Waals surface area contributed by atoms with E-state index in [9.17, 15) is 9.90 Å². The van der Waals surface area contributed by atoms with Gasteiger partial charge in [0, 0.05) is 62.4 Å². The first kappa shape index (κ1) is 17.5. The normalized spacial score (nSPS) is 16.1. The second kappa shape index (κ2) is 7.72. The van der Waals surface area contributed by atoms with Gasteiger partial charge in [0.15, 0.2) is 0 Å². The maximum Gasteiger partial charge on any atom is 0.258 e. The van der Waals surface area contributed by atoms with Gasteiger partial charge in [-0.1, -0.05) is 0 Å². The zero-order valence-electron chi connectivity index (χ0n) is 14.9. The monoisotopic (exact) mass is 342 g/mol. The van der Waals surface area contributed by atoms with E-state index in [0.29, 0.717) is 5.69 Å². The highest BCUT2D eigenvalue weighted by atomic mass is 16.3. The van der Waals surface area contributed by atoms with Crippen molar-refractivity contribution in [3.8, 4) is 11.4 Å². The molecule has 6 nitrogen and oxygen atoms in total. The molecular formula is C19H26N4O2. The van der Waals surface area contributed by atoms with E-state index in [0.717, 1.165) is 50.6 Å². The Balaban J connectivity index is 1.58. The summed E-state index contributed by atoms with van der Waals surface area (Å²) < 4.78 is 1.59. The number of hydrogen-bond donors (Lipinski definition) is 2. The molecule has 0 aliphatic carbocycles. The number of hydrogen-bond acceptors (Lipinski definition) is 5. The van der Waals surface area contributed by atoms with Crippen molar-refractivity contribution in [1.82, 2.24) is 14.4 Å². The largest absolute Gasteiger partial charge is 0.508 e. The Kier molecular flexibility index (Phi) is 5.40. The Morgan fingerprint density at radius 1 is 1.08 bits per heavy atom. The summed E-state index contributed by atoms with van der Waals surface area (Å²) in [4.78, 5) is 16.9. The minimum absolute atomic E-state index is 0.000873. The molecule has 1 aliphatic heterocycles. The molecule has 3 rings (SSSR count). The number of likely N-dealkylation sites (N-methyl/N-ethyl adjacent to an activating group) is 1. The summed E-state index contributed by atoms with van der Waals surface area (Å²) in [6.07, 6.45) is 0. The van der Waals surface area contributed by atoms with E-state index in [1.807, 2.05) is 31.2 Å². The lowest BCUT2D eigenvalue weighted by molar-refractivity contribution is 0.158. The minimum Gasteiger partial charge on any atom is -0.508 e. The highest BCUT2D eigenvalue weighted by Crippen LogP contribution is 2.16. The van der Waals surface area contributed by atoms with Gasteiger partial charge in [-0.3, -0.25) is 14.3 Å². The van der Waals surface area contributed by atoms with Crippen LogP contribution >= 0.6 is 0 Å². The average Bonchev–Trinajstić information content (AvgIpc) is 2.57. The molecule has 6 heteroatoms. The second-order valence-electron chi connectivity index (χ2n) is 6.65. The van der Waals surface area contributed by atoms with Crippen molar-refractivity contribution in [2.24, 2.45) is 0 Å². The molecule has 25 heavy (non-hydrogen) atoms. The van der Waals surface area contributed by atoms with Gasteiger partial charge in [0.1, 0.15) is 5.75 Å². The van der Waals surface area contributed by atoms with Gasteiger partial charge in [0.05, 0.1) is 0 Å². The van der Waals surface area contributed by atoms with E-state index in [2.05, 4.69) is 22.2 Å². The topological polar surface area (TPSA) is 60.7 Å². The first-order valence-electron chi connectivity index (χ1n) is 8.71. The van der Waals surface area contributed by atoms with Crippen LogP contribution < -0.4 is 10.9 Å². The zero-order valence-corrected chi connectivity index (χ0v) is 14.9. The number of nitrogens with one attached hydrogen (secondary N) is 1. The first-order chi connectivity index (χ1) is 12.0. The molecular weight excluding hydrogens is 316 g/mol. The lowest BCUT2D eigenvalue weighted by Crippen LogP contribution is -2.45. The molecule has 1 saturated heterocycles. The molecule has 1 aromatic heterocycles. The third-order valence-corrected chi connectivity index (χ3v) is 4.68. The molecule has 1 aliphatic rings. The number of pyridine rings is 1. The second-order valence-corrected chi connectivity index (χ2v) is 6.65. The molecule has 2 aromatic rings. The highest BCUT2D eigenvalue weighted by Gasteiger charge is 2.12. The maximum absolute atomic E-state index is 12.1. The molecule has 2 N–H and O–H groups in total. The van der Waals surface area contributed by atoms with Crippen molar-refractivity contribution in [1.29, 1.82) is 0 Å². The van der Waals surface area contributed by atoms with Gasteiger partial charge in [-0.25, -0.2) is 0 Å². The molecule has 134 valence electrons. The van der Waals surface area contributed by atoms with Crippen LogP contribution in [-0.2, 0) is 0 Å². The lowest BCUT2D eigenvalue weighted by Gasteiger charge is -2.32. The predicted molar refractivity (Wildman–Crippen MR) is 101 cm³/mol. The van der Waals surface area contributed by atoms with Gasteiger partial charge in [-0.2, -0.15) is 0 Å². The van der Waals surface area contributed by atoms with Crippen LogP contribution in [0.3, 0.4) is 0 Å². The van der Waals surface area contributed by atoms with Crippen molar-refractivity contribution in [3.05, 3.63) is 52.4 Å². The van der Waals surface area contributed by atoms with Crippen LogP contribution in [0.5, 0.6) is 5.75 Å². The van der Waals surface area contributed by atoms with Gasteiger partial charge in [0.25, 0.3) is 5.56 Å². The fourth-order valence-corrected chi connectivity index (χ4v) is 3.17. The molecule has 0 radical (unpaired) electrons. The number of nitrogens with zero attached hydrogens (tertiary/aromatic N) is 3. The van der Waals surface area contributed by atoms with Crippen molar-refractivity contribution in [2.45, 2.75) is 6.92 Å². The summed E-state index contributed by atoms with van der Waals surface area (Å²) in [5, 5.41) is 12.9. The Hall–Kier alpha value is -2.31. The smallest absolute Gasteiger partial charge is 0.258 e. The van der Waals surface area contributed by atoms with Gasteiger partial charge in [-0.05, 0) is 44.3 Å². The van der Waals surface area contributed by atoms with Gasteiger partial charge in [0.2, 0.25) is 0 Å². The van der Waals surface area contributed by atoms with Crippen LogP contribution in [0.4, 0.5) is 5.69 Å². The van der Waals surface area contributed by atoms with Crippen LogP contribution in [0, 0.1) is 6.92 Å². The Labute approximate surface area is 148 Å². The Bertz CT molecular complexity index is 762. The van der Waals surface area contributed by atoms with E-state index in [1.54, 1.807) is 10.6 Å². The molecule has 2 heterocycles. The zero-order chi connectivity index (χ0) is 17.8. The summed E-state index contributed by atoms with van der Waals surface area (Å²) >= 11 is 0. The summed E-state index contributed by atoms with van der Waals surface area (Å²) in [6, 6.07) is 10.6. The number of rotatable bonds is 5. The molecule has 0 bridgehead atoms. The Morgan fingerprint density at radius 2 is 1.76 bits per heavy atom. The van der Waals surface area contributed by atoms with Gasteiger partial charge < -0.3 is 15.3 Å². The third-order valence-electron chi connectivity index (χ3n) is 4.68. The van der Waals surface area contributed by atoms with Crippen molar-refractivity contribution < 1.29 is 5.11 Å². The fraction of sp³-hybridized carbons (Fsp3) is 0.421. The fourth-order valence-electron chi connectivity index (χ4n) is 3.17. The summed E-state index contributed by atoms with van der Waals surface area (Å²) in [5.74, 6) is 0.000873. The minimum atomic E-state index is -0.228. The van der Waals surface area contributed by atoms with E-state index in [1.165, 1.54) is 6.07 Å². The number of piperazine rings is 1. The quantitative estimate of drug-likeness (QED) is 0.863. The summed E-state index contributed by atoms with van der Waals surface area (Å²) in [7, 11) is 2.16. The number of benzene rings is 1. The molecule has 0 unspecified atom stereocenters. The molecule has 0 atom stereocenters. The number of aryl methyl sites for hydroxylation is 1. The van der Waals surface area contributed by atoms with Crippen LogP contribution in [-0.4, -0.2) is 65.8 Å². The maximum atomic E-state index is 12.1. The molecule has 1 aromatic carbocycles. The highest BCUT2D eigenvalue weighted by molar-refractivity contribution is 5.49. The molecule has 0 amide bonds. The summed E-state index contributed by atoms with van der Waals surface area (Å²) in [6.45, 7) is 8.27. The van der Waals surface area contributed by atoms with Gasteiger partial charge in [-0.15, -0.1) is 0 Å². The van der Waals surface area contributed by atoms with E-state index in [-0.39, 0.29) is 11.3 Å². The Morgan fingerprint density at radius 3 is 2.40 bits per heavy atom. The average molecular weight is 342 g/mol. The van der Waals surface area contributed by atoms with Crippen molar-refractivity contribution >= 4 is 5.69 Å². The number of aromatic nitrogens is 1. The van der Waals surface area contributed by atoms with Crippen LogP contribution in [0.1, 0.15) is 5.69 Å². The van der Waals surface area contributed by atoms with Gasteiger partial charge >= 0.3 is 0 Å². The van der Waals surface area contributed by atoms with E-state index in [4.69, 9.17) is 0 Å². The standard InChI is InChI=1S/C19H26N4O2/c1-15-13-18(24)14-19(25)23(15)17-5-3-16(4-6-17)20-7-8-22-11-9-21(2)10-12-22/h3-6,13-14,20,24H,7-12H2,1-2H3. The van der Waals surface area contributed by atoms with Crippen molar-refractivity contribution in [2.75, 3.05) is 51.6 Å². The molecule has 1 fully saturated rings. The predicted octanol–water partition coefficient (Wildman–Crippen LogP) is 1.51. The number of anilines is 1. The van der Waals surface area contributed by atoms with E-state index >= 15 is 0 Å². The van der Waals surface area contributed by atoms with Crippen LogP contribution in [0.25, 0.3) is 5.69 Å². The van der Waals surface area contributed by atoms with Crippen LogP contribution in [0.2, 0.25) is 0 Å². The van der Waals surface area contributed by atoms with Crippen LogP contribution in [0.15, 0.2) is 41.2 Å².